The van der Waals surface area contributed by atoms with E-state index >= 15 is 0 Å². The summed E-state index contributed by atoms with van der Waals surface area (Å²) in [5.41, 5.74) is 4.26. The molecule has 0 bridgehead atoms. The Labute approximate surface area is 186 Å². The number of rotatable bonds is 6. The third kappa shape index (κ3) is 3.78. The predicted octanol–water partition coefficient (Wildman–Crippen LogP) is 5.38. The van der Waals surface area contributed by atoms with Crippen LogP contribution < -0.4 is 24.8 Å². The van der Waals surface area contributed by atoms with E-state index < -0.39 is 0 Å². The summed E-state index contributed by atoms with van der Waals surface area (Å²) < 4.78 is 30.5. The number of hydrogen-bond donors (Lipinski definition) is 2. The minimum atomic E-state index is -0.340. The smallest absolute Gasteiger partial charge is 0.169 e. The highest BCUT2D eigenvalue weighted by Gasteiger charge is 2.42. The van der Waals surface area contributed by atoms with Crippen LogP contribution in [0, 0.1) is 5.82 Å². The monoisotopic (exact) mass is 432 g/mol. The van der Waals surface area contributed by atoms with Gasteiger partial charge in [-0.1, -0.05) is 12.1 Å². The first kappa shape index (κ1) is 20.4. The van der Waals surface area contributed by atoms with Crippen LogP contribution in [0.5, 0.6) is 23.0 Å². The van der Waals surface area contributed by atoms with Crippen molar-refractivity contribution < 1.29 is 18.6 Å². The van der Waals surface area contributed by atoms with E-state index in [1.165, 1.54) is 17.7 Å². The molecule has 1 aliphatic heterocycles. The molecular formula is C26H25FN2O3. The zero-order chi connectivity index (χ0) is 22.1. The van der Waals surface area contributed by atoms with Crippen LogP contribution in [0.25, 0.3) is 0 Å². The van der Waals surface area contributed by atoms with E-state index in [1.54, 1.807) is 26.4 Å². The Hall–Kier alpha value is -3.51. The molecule has 2 N–H and O–H groups in total. The molecule has 6 heteroatoms. The molecule has 0 aromatic heterocycles. The number of hydrogen-bond acceptors (Lipinski definition) is 5. The van der Waals surface area contributed by atoms with Gasteiger partial charge in [-0.05, 0) is 60.0 Å². The van der Waals surface area contributed by atoms with Gasteiger partial charge < -0.3 is 24.8 Å². The fraction of sp³-hybridized carbons (Fsp3) is 0.231. The van der Waals surface area contributed by atoms with Gasteiger partial charge in [0, 0.05) is 36.5 Å². The van der Waals surface area contributed by atoms with E-state index in [9.17, 15) is 4.39 Å². The van der Waals surface area contributed by atoms with Crippen molar-refractivity contribution >= 4 is 5.69 Å². The summed E-state index contributed by atoms with van der Waals surface area (Å²) in [5.74, 6) is 2.13. The number of halogens is 1. The van der Waals surface area contributed by atoms with Crippen LogP contribution in [-0.4, -0.2) is 20.8 Å². The summed E-state index contributed by atoms with van der Waals surface area (Å²) in [7, 11) is 3.29. The zero-order valence-electron chi connectivity index (χ0n) is 18.1. The number of fused-ring (bicyclic) bond motifs is 2. The van der Waals surface area contributed by atoms with Gasteiger partial charge in [0.25, 0.3) is 0 Å². The molecule has 1 spiro atoms. The highest BCUT2D eigenvalue weighted by atomic mass is 19.1. The number of anilines is 1. The van der Waals surface area contributed by atoms with Gasteiger partial charge in [0.05, 0.1) is 19.8 Å². The summed E-state index contributed by atoms with van der Waals surface area (Å²) in [6, 6.07) is 18.1. The average molecular weight is 432 g/mol. The van der Waals surface area contributed by atoms with E-state index in [0.717, 1.165) is 42.1 Å². The standard InChI is InChI=1S/C26H25FN2O3/c1-30-21-7-4-6-19(13-21)29-20-15-26(16-20)23-14-25(32-22-8-3-5-18(27)12-22)24(31-2)11-17(23)9-10-28-26/h3-8,11-15,28-29H,9-10,16H2,1-2H3/t26-/m1/s1. The van der Waals surface area contributed by atoms with Gasteiger partial charge in [-0.2, -0.15) is 0 Å². The van der Waals surface area contributed by atoms with Crippen molar-refractivity contribution in [3.05, 3.63) is 89.4 Å². The lowest BCUT2D eigenvalue weighted by Gasteiger charge is -2.45. The van der Waals surface area contributed by atoms with Gasteiger partial charge in [0.2, 0.25) is 0 Å². The molecule has 0 saturated heterocycles. The number of benzene rings is 3. The maximum atomic E-state index is 13.6. The molecule has 1 aliphatic carbocycles. The molecular weight excluding hydrogens is 407 g/mol. The van der Waals surface area contributed by atoms with Crippen molar-refractivity contribution in [1.29, 1.82) is 0 Å². The molecule has 32 heavy (non-hydrogen) atoms. The van der Waals surface area contributed by atoms with E-state index in [0.29, 0.717) is 17.2 Å². The Balaban J connectivity index is 1.45. The first-order valence-corrected chi connectivity index (χ1v) is 10.6. The topological polar surface area (TPSA) is 51.8 Å². The van der Waals surface area contributed by atoms with Crippen LogP contribution in [0.4, 0.5) is 10.1 Å². The summed E-state index contributed by atoms with van der Waals surface area (Å²) in [5, 5.41) is 7.15. The molecule has 3 aromatic rings. The molecule has 0 amide bonds. The summed E-state index contributed by atoms with van der Waals surface area (Å²) >= 11 is 0. The Morgan fingerprint density at radius 2 is 1.75 bits per heavy atom. The second kappa shape index (κ2) is 8.20. The highest BCUT2D eigenvalue weighted by Crippen LogP contribution is 2.47. The lowest BCUT2D eigenvalue weighted by atomic mass is 9.72. The van der Waals surface area contributed by atoms with Crippen LogP contribution in [0.1, 0.15) is 17.5 Å². The van der Waals surface area contributed by atoms with E-state index in [1.807, 2.05) is 36.4 Å². The molecule has 3 aromatic carbocycles. The van der Waals surface area contributed by atoms with Gasteiger partial charge in [-0.25, -0.2) is 4.39 Å². The van der Waals surface area contributed by atoms with Gasteiger partial charge in [-0.15, -0.1) is 0 Å². The third-order valence-corrected chi connectivity index (χ3v) is 5.99. The molecule has 5 nitrogen and oxygen atoms in total. The molecule has 0 unspecified atom stereocenters. The van der Waals surface area contributed by atoms with Crippen molar-refractivity contribution in [1.82, 2.24) is 5.32 Å². The molecule has 164 valence electrons. The summed E-state index contributed by atoms with van der Waals surface area (Å²) in [6.45, 7) is 0.878. The Morgan fingerprint density at radius 3 is 2.53 bits per heavy atom. The van der Waals surface area contributed by atoms with E-state index in [2.05, 4.69) is 16.7 Å². The molecule has 0 fully saturated rings. The van der Waals surface area contributed by atoms with Crippen molar-refractivity contribution in [3.8, 4) is 23.0 Å². The Bertz CT molecular complexity index is 1190. The average Bonchev–Trinajstić information content (AvgIpc) is 2.78. The number of methoxy groups -OCH3 is 2. The van der Waals surface area contributed by atoms with Crippen LogP contribution >= 0.6 is 0 Å². The minimum Gasteiger partial charge on any atom is -0.497 e. The lowest BCUT2D eigenvalue weighted by molar-refractivity contribution is 0.344. The maximum absolute atomic E-state index is 13.6. The van der Waals surface area contributed by atoms with Crippen molar-refractivity contribution in [2.75, 3.05) is 26.1 Å². The van der Waals surface area contributed by atoms with E-state index in [-0.39, 0.29) is 11.4 Å². The second-order valence-electron chi connectivity index (χ2n) is 8.07. The van der Waals surface area contributed by atoms with Crippen LogP contribution in [-0.2, 0) is 12.0 Å². The van der Waals surface area contributed by atoms with Crippen LogP contribution in [0.3, 0.4) is 0 Å². The molecule has 0 radical (unpaired) electrons. The SMILES string of the molecule is COc1cccc(NC2=C[C@]3(C2)NCCc2cc(OC)c(Oc4cccc(F)c4)cc23)c1. The largest absolute Gasteiger partial charge is 0.497 e. The maximum Gasteiger partial charge on any atom is 0.169 e. The molecule has 5 rings (SSSR count). The number of ether oxygens (including phenoxy) is 3. The first-order valence-electron chi connectivity index (χ1n) is 10.6. The molecule has 2 aliphatic rings. The first-order chi connectivity index (χ1) is 15.6. The van der Waals surface area contributed by atoms with Crippen molar-refractivity contribution in [2.45, 2.75) is 18.4 Å². The molecule has 0 saturated carbocycles. The molecule has 1 atom stereocenters. The molecule has 1 heterocycles. The lowest BCUT2D eigenvalue weighted by Crippen LogP contribution is -2.51. The second-order valence-corrected chi connectivity index (χ2v) is 8.07. The van der Waals surface area contributed by atoms with Gasteiger partial charge in [0.15, 0.2) is 11.5 Å². The van der Waals surface area contributed by atoms with Gasteiger partial charge in [-0.3, -0.25) is 0 Å². The summed E-state index contributed by atoms with van der Waals surface area (Å²) in [6.07, 6.45) is 3.95. The quantitative estimate of drug-likeness (QED) is 0.548. The third-order valence-electron chi connectivity index (χ3n) is 5.99. The number of nitrogens with one attached hydrogen (secondary N) is 2. The fourth-order valence-electron chi connectivity index (χ4n) is 4.46. The summed E-state index contributed by atoms with van der Waals surface area (Å²) in [4.78, 5) is 0. The minimum absolute atomic E-state index is 0.263. The predicted molar refractivity (Wildman–Crippen MR) is 122 cm³/mol. The van der Waals surface area contributed by atoms with Gasteiger partial charge >= 0.3 is 0 Å². The Morgan fingerprint density at radius 1 is 0.938 bits per heavy atom. The van der Waals surface area contributed by atoms with Crippen LogP contribution in [0.2, 0.25) is 0 Å². The van der Waals surface area contributed by atoms with Crippen LogP contribution in [0.15, 0.2) is 72.4 Å². The van der Waals surface area contributed by atoms with E-state index in [4.69, 9.17) is 14.2 Å². The fourth-order valence-corrected chi connectivity index (χ4v) is 4.46. The normalized spacial score (nSPS) is 18.9. The highest BCUT2D eigenvalue weighted by molar-refractivity contribution is 5.60. The zero-order valence-corrected chi connectivity index (χ0v) is 18.1. The van der Waals surface area contributed by atoms with Crippen molar-refractivity contribution in [3.63, 3.8) is 0 Å². The van der Waals surface area contributed by atoms with Gasteiger partial charge in [0.1, 0.15) is 17.3 Å². The Kier molecular flexibility index (Phi) is 5.23. The van der Waals surface area contributed by atoms with Crippen molar-refractivity contribution in [2.24, 2.45) is 0 Å².